The number of hydrogen-bond acceptors (Lipinski definition) is 9. The van der Waals surface area contributed by atoms with Crippen LogP contribution in [0.3, 0.4) is 0 Å². The number of sulfonamides is 1. The van der Waals surface area contributed by atoms with E-state index in [1.54, 1.807) is 0 Å². The predicted molar refractivity (Wildman–Crippen MR) is 105 cm³/mol. The summed E-state index contributed by atoms with van der Waals surface area (Å²) in [6.07, 6.45) is -4.95. The van der Waals surface area contributed by atoms with Gasteiger partial charge in [0.1, 0.15) is 16.7 Å². The van der Waals surface area contributed by atoms with Gasteiger partial charge in [0.25, 0.3) is 11.8 Å². The molecule has 4 rings (SSSR count). The van der Waals surface area contributed by atoms with Crippen molar-refractivity contribution in [2.75, 3.05) is 24.5 Å². The summed E-state index contributed by atoms with van der Waals surface area (Å²) >= 11 is 0.881. The maximum atomic E-state index is 13.0. The second-order valence-corrected chi connectivity index (χ2v) is 9.76. The van der Waals surface area contributed by atoms with E-state index >= 15 is 0 Å². The summed E-state index contributed by atoms with van der Waals surface area (Å²) in [6, 6.07) is 1.84. The number of nitrogens with one attached hydrogen (secondary N) is 1. The van der Waals surface area contributed by atoms with E-state index in [1.165, 1.54) is 4.90 Å². The highest BCUT2D eigenvalue weighted by atomic mass is 32.2. The number of anilines is 1. The van der Waals surface area contributed by atoms with Crippen LogP contribution in [0.25, 0.3) is 0 Å². The Bertz CT molecular complexity index is 1210. The summed E-state index contributed by atoms with van der Waals surface area (Å²) in [5.41, 5.74) is -0.0805. The number of carboxylic acids is 1. The molecule has 1 aromatic heterocycles. The van der Waals surface area contributed by atoms with Gasteiger partial charge in [0.05, 0.1) is 4.90 Å². The van der Waals surface area contributed by atoms with Crippen molar-refractivity contribution in [1.82, 2.24) is 14.6 Å². The maximum Gasteiger partial charge on any atom is 0.573 e. The first kappa shape index (κ1) is 22.9. The molecule has 0 saturated carbocycles. The molecule has 16 heteroatoms. The van der Waals surface area contributed by atoms with Gasteiger partial charge in [-0.1, -0.05) is 11.3 Å². The molecule has 2 aliphatic rings. The molecule has 1 aromatic carbocycles. The molecule has 33 heavy (non-hydrogen) atoms. The van der Waals surface area contributed by atoms with Crippen LogP contribution in [0.15, 0.2) is 29.2 Å². The Balaban J connectivity index is 1.56. The fraction of sp³-hybridized carbons (Fsp3) is 0.294. The second-order valence-electron chi connectivity index (χ2n) is 6.89. The zero-order valence-electron chi connectivity index (χ0n) is 16.2. The lowest BCUT2D eigenvalue weighted by Gasteiger charge is -2.38. The lowest BCUT2D eigenvalue weighted by atomic mass is 10.2. The molecule has 11 nitrogen and oxygen atoms in total. The van der Waals surface area contributed by atoms with Crippen LogP contribution in [0.5, 0.6) is 5.75 Å². The number of hydrogen-bond donors (Lipinski definition) is 2. The summed E-state index contributed by atoms with van der Waals surface area (Å²) in [6.45, 7) is -0.614. The fourth-order valence-electron chi connectivity index (χ4n) is 3.35. The van der Waals surface area contributed by atoms with Crippen LogP contribution in [0.4, 0.5) is 18.3 Å². The Hall–Kier alpha value is -3.24. The summed E-state index contributed by atoms with van der Waals surface area (Å²) in [5, 5.41) is 11.9. The average molecular weight is 506 g/mol. The third-order valence-electron chi connectivity index (χ3n) is 4.81. The van der Waals surface area contributed by atoms with Gasteiger partial charge in [-0.05, 0) is 24.3 Å². The van der Waals surface area contributed by atoms with Crippen molar-refractivity contribution in [3.05, 3.63) is 34.8 Å². The number of piperazine rings is 1. The Labute approximate surface area is 187 Å². The number of thiazole rings is 1. The molecular weight excluding hydrogens is 493 g/mol. The lowest BCUT2D eigenvalue weighted by molar-refractivity contribution is -0.274. The van der Waals surface area contributed by atoms with Crippen LogP contribution >= 0.6 is 11.3 Å². The van der Waals surface area contributed by atoms with Crippen molar-refractivity contribution >= 4 is 44.3 Å². The number of halogens is 3. The lowest BCUT2D eigenvalue weighted by Crippen LogP contribution is -2.58. The minimum absolute atomic E-state index is 0.000477. The van der Waals surface area contributed by atoms with Crippen LogP contribution in [0.1, 0.15) is 20.2 Å². The van der Waals surface area contributed by atoms with Crippen molar-refractivity contribution in [2.24, 2.45) is 0 Å². The number of fused-ring (bicyclic) bond motifs is 1. The number of ether oxygens (including phenoxy) is 1. The van der Waals surface area contributed by atoms with E-state index in [2.05, 4.69) is 15.0 Å². The first-order valence-corrected chi connectivity index (χ1v) is 11.3. The molecule has 2 aromatic rings. The molecule has 0 spiro atoms. The number of benzene rings is 1. The standard InChI is InChI=1S/C17H13F3N4O7S2/c18-17(19,20)31-8-1-3-9(4-2-8)33(29,30)24-6-5-23(7-10(24)15(27)28)16-21-11-12(32-16)14(26)22-13(11)25/h1-4,10H,5-7H2,(H,27,28)(H,22,25,26)/t10-/m1/s1. The molecule has 2 aliphatic heterocycles. The monoisotopic (exact) mass is 506 g/mol. The largest absolute Gasteiger partial charge is 0.573 e. The van der Waals surface area contributed by atoms with Gasteiger partial charge in [-0.2, -0.15) is 4.31 Å². The third kappa shape index (κ3) is 4.36. The van der Waals surface area contributed by atoms with Crippen molar-refractivity contribution in [3.63, 3.8) is 0 Å². The minimum Gasteiger partial charge on any atom is -0.480 e. The van der Waals surface area contributed by atoms with E-state index < -0.39 is 50.9 Å². The number of aliphatic carboxylic acids is 1. The topological polar surface area (TPSA) is 146 Å². The predicted octanol–water partition coefficient (Wildman–Crippen LogP) is 0.889. The maximum absolute atomic E-state index is 13.0. The fourth-order valence-corrected chi connectivity index (χ4v) is 5.91. The van der Waals surface area contributed by atoms with Gasteiger partial charge >= 0.3 is 12.3 Å². The number of amides is 2. The highest BCUT2D eigenvalue weighted by Gasteiger charge is 2.42. The Morgan fingerprint density at radius 2 is 1.85 bits per heavy atom. The van der Waals surface area contributed by atoms with E-state index in [4.69, 9.17) is 0 Å². The quantitative estimate of drug-likeness (QED) is 0.565. The zero-order valence-corrected chi connectivity index (χ0v) is 17.8. The molecule has 1 fully saturated rings. The second kappa shape index (κ2) is 7.96. The molecule has 0 bridgehead atoms. The number of alkyl halides is 3. The first-order chi connectivity index (χ1) is 15.4. The molecule has 1 saturated heterocycles. The number of carboxylic acid groups (broad SMARTS) is 1. The number of carbonyl (C=O) groups excluding carboxylic acids is 2. The number of nitrogens with zero attached hydrogens (tertiary/aromatic N) is 3. The van der Waals surface area contributed by atoms with Crippen molar-refractivity contribution < 1.29 is 45.8 Å². The minimum atomic E-state index is -4.95. The van der Waals surface area contributed by atoms with E-state index in [-0.39, 0.29) is 35.3 Å². The summed E-state index contributed by atoms with van der Waals surface area (Å²) in [7, 11) is -4.38. The Morgan fingerprint density at radius 1 is 1.18 bits per heavy atom. The van der Waals surface area contributed by atoms with E-state index in [9.17, 15) is 41.1 Å². The molecule has 0 aliphatic carbocycles. The summed E-state index contributed by atoms with van der Waals surface area (Å²) in [5.74, 6) is -3.38. The van der Waals surface area contributed by atoms with E-state index in [1.807, 2.05) is 0 Å². The van der Waals surface area contributed by atoms with Gasteiger partial charge in [0.15, 0.2) is 10.8 Å². The summed E-state index contributed by atoms with van der Waals surface area (Å²) in [4.78, 5) is 40.5. The highest BCUT2D eigenvalue weighted by molar-refractivity contribution is 7.89. The molecule has 0 radical (unpaired) electrons. The Kier molecular flexibility index (Phi) is 5.53. The molecule has 2 amide bonds. The number of rotatable bonds is 5. The molecule has 1 atom stereocenters. The molecule has 3 heterocycles. The van der Waals surface area contributed by atoms with Gasteiger partial charge < -0.3 is 14.7 Å². The summed E-state index contributed by atoms with van der Waals surface area (Å²) < 4.78 is 67.4. The van der Waals surface area contributed by atoms with Crippen molar-refractivity contribution in [1.29, 1.82) is 0 Å². The molecule has 176 valence electrons. The van der Waals surface area contributed by atoms with Crippen molar-refractivity contribution in [3.8, 4) is 5.75 Å². The third-order valence-corrected chi connectivity index (χ3v) is 7.85. The van der Waals surface area contributed by atoms with Gasteiger partial charge in [0, 0.05) is 19.6 Å². The molecule has 0 unspecified atom stereocenters. The van der Waals surface area contributed by atoms with Crippen LogP contribution < -0.4 is 15.0 Å². The van der Waals surface area contributed by atoms with Crippen LogP contribution in [-0.2, 0) is 14.8 Å². The SMILES string of the molecule is O=C1NC(=O)c2sc(N3CCN(S(=O)(=O)c4ccc(OC(F)(F)F)cc4)[C@@H](C(=O)O)C3)nc21. The van der Waals surface area contributed by atoms with Crippen LogP contribution in [0.2, 0.25) is 0 Å². The Morgan fingerprint density at radius 3 is 2.42 bits per heavy atom. The van der Waals surface area contributed by atoms with Crippen LogP contribution in [-0.4, -0.2) is 72.6 Å². The number of aromatic nitrogens is 1. The van der Waals surface area contributed by atoms with Gasteiger partial charge in [-0.25, -0.2) is 13.4 Å². The van der Waals surface area contributed by atoms with Gasteiger partial charge in [-0.3, -0.25) is 19.7 Å². The van der Waals surface area contributed by atoms with Crippen molar-refractivity contribution in [2.45, 2.75) is 17.3 Å². The normalized spacial score (nSPS) is 19.4. The van der Waals surface area contributed by atoms with Gasteiger partial charge in [0.2, 0.25) is 10.0 Å². The zero-order chi connectivity index (χ0) is 24.1. The number of carbonyl (C=O) groups is 3. The molecule has 2 N–H and O–H groups in total. The highest BCUT2D eigenvalue weighted by Crippen LogP contribution is 2.32. The van der Waals surface area contributed by atoms with Crippen LogP contribution in [0, 0.1) is 0 Å². The smallest absolute Gasteiger partial charge is 0.480 e. The van der Waals surface area contributed by atoms with Gasteiger partial charge in [-0.15, -0.1) is 13.2 Å². The number of imide groups is 1. The molecular formula is C17H13F3N4O7S2. The average Bonchev–Trinajstić information content (AvgIpc) is 3.28. The van der Waals surface area contributed by atoms with E-state index in [0.29, 0.717) is 0 Å². The van der Waals surface area contributed by atoms with E-state index in [0.717, 1.165) is 39.9 Å². The first-order valence-electron chi connectivity index (χ1n) is 9.09.